The summed E-state index contributed by atoms with van der Waals surface area (Å²) >= 11 is 12.4. The summed E-state index contributed by atoms with van der Waals surface area (Å²) < 4.78 is 0. The average molecular weight is 306 g/mol. The second-order valence-electron chi connectivity index (χ2n) is 4.92. The van der Waals surface area contributed by atoms with E-state index >= 15 is 0 Å². The van der Waals surface area contributed by atoms with Gasteiger partial charge in [-0.05, 0) is 0 Å². The van der Waals surface area contributed by atoms with Gasteiger partial charge in [-0.25, -0.2) is 4.79 Å². The topological polar surface area (TPSA) is 86.8 Å². The van der Waals surface area contributed by atoms with Crippen LogP contribution < -0.4 is 5.32 Å². The molecule has 3 rings (SSSR count). The van der Waals surface area contributed by atoms with Crippen molar-refractivity contribution in [2.45, 2.75) is 15.8 Å². The Morgan fingerprint density at radius 1 is 1.05 bits per heavy atom. The third-order valence-electron chi connectivity index (χ3n) is 4.17. The molecular weight excluding hydrogens is 297 g/mol. The first-order valence-electron chi connectivity index (χ1n) is 5.47. The van der Waals surface area contributed by atoms with E-state index in [1.807, 2.05) is 5.32 Å². The maximum absolute atomic E-state index is 12.1. The molecule has 2 heterocycles. The Bertz CT molecular complexity index is 567. The summed E-state index contributed by atoms with van der Waals surface area (Å²) in [5, 5.41) is 2.04. The number of carbonyl (C=O) groups excluding carboxylic acids is 4. The van der Waals surface area contributed by atoms with Crippen LogP contribution in [0, 0.1) is 5.92 Å². The Kier molecular flexibility index (Phi) is 2.14. The van der Waals surface area contributed by atoms with E-state index in [1.54, 1.807) is 0 Å². The van der Waals surface area contributed by atoms with Gasteiger partial charge >= 0.3 is 6.03 Å². The highest BCUT2D eigenvalue weighted by molar-refractivity contribution is 6.56. The van der Waals surface area contributed by atoms with Crippen molar-refractivity contribution in [3.63, 3.8) is 0 Å². The third-order valence-corrected chi connectivity index (χ3v) is 5.67. The Morgan fingerprint density at radius 2 is 1.58 bits per heavy atom. The smallest absolute Gasteiger partial charge is 0.321 e. The molecule has 7 nitrogen and oxygen atoms in total. The van der Waals surface area contributed by atoms with Crippen LogP contribution in [0.4, 0.5) is 4.79 Å². The van der Waals surface area contributed by atoms with Crippen LogP contribution in [0.2, 0.25) is 0 Å². The molecule has 0 spiro atoms. The number of fused-ring (bicyclic) bond motifs is 4. The van der Waals surface area contributed by atoms with Crippen molar-refractivity contribution in [2.75, 3.05) is 14.1 Å². The molecule has 1 aliphatic carbocycles. The molecule has 9 heteroatoms. The largest absolute Gasteiger partial charge is 0.326 e. The third kappa shape index (κ3) is 1.01. The van der Waals surface area contributed by atoms with Crippen molar-refractivity contribution in [2.24, 2.45) is 5.92 Å². The number of nitrogens with zero attached hydrogens (tertiary/aromatic N) is 2. The minimum Gasteiger partial charge on any atom is -0.321 e. The van der Waals surface area contributed by atoms with Crippen LogP contribution in [-0.2, 0) is 14.4 Å². The predicted molar refractivity (Wildman–Crippen MR) is 63.5 cm³/mol. The Balaban J connectivity index is 2.17. The van der Waals surface area contributed by atoms with Gasteiger partial charge in [0.15, 0.2) is 9.75 Å². The van der Waals surface area contributed by atoms with E-state index in [1.165, 1.54) is 19.0 Å². The molecule has 0 aromatic carbocycles. The fourth-order valence-corrected chi connectivity index (χ4v) is 4.12. The van der Waals surface area contributed by atoms with E-state index in [0.29, 0.717) is 0 Å². The highest BCUT2D eigenvalue weighted by Gasteiger charge is 2.86. The normalized spacial score (nSPS) is 44.8. The highest BCUT2D eigenvalue weighted by atomic mass is 35.5. The van der Waals surface area contributed by atoms with Gasteiger partial charge < -0.3 is 4.90 Å². The number of amides is 5. The number of nitrogens with one attached hydrogen (secondary N) is 1. The minimum atomic E-state index is -1.84. The van der Waals surface area contributed by atoms with E-state index in [0.717, 1.165) is 4.90 Å². The van der Waals surface area contributed by atoms with Gasteiger partial charge in [-0.15, -0.1) is 23.2 Å². The monoisotopic (exact) mass is 305 g/mol. The van der Waals surface area contributed by atoms with Crippen LogP contribution in [0.1, 0.15) is 0 Å². The van der Waals surface area contributed by atoms with Gasteiger partial charge in [0.05, 0.1) is 12.0 Å². The van der Waals surface area contributed by atoms with Crippen molar-refractivity contribution in [1.29, 1.82) is 0 Å². The predicted octanol–water partition coefficient (Wildman–Crippen LogP) is -0.880. The first-order valence-corrected chi connectivity index (χ1v) is 6.22. The van der Waals surface area contributed by atoms with Crippen molar-refractivity contribution in [3.8, 4) is 0 Å². The van der Waals surface area contributed by atoms with Crippen molar-refractivity contribution < 1.29 is 19.2 Å². The van der Waals surface area contributed by atoms with Crippen LogP contribution in [0.5, 0.6) is 0 Å². The molecule has 2 aliphatic heterocycles. The fourth-order valence-electron chi connectivity index (χ4n) is 3.14. The zero-order valence-corrected chi connectivity index (χ0v) is 11.4. The van der Waals surface area contributed by atoms with Crippen molar-refractivity contribution in [1.82, 2.24) is 15.1 Å². The number of hydrogen-bond acceptors (Lipinski definition) is 4. The first kappa shape index (κ1) is 12.7. The molecular formula is C10H9Cl2N3O4. The maximum atomic E-state index is 12.1. The van der Waals surface area contributed by atoms with Crippen LogP contribution in [0.15, 0.2) is 0 Å². The van der Waals surface area contributed by atoms with Gasteiger partial charge in [0.1, 0.15) is 0 Å². The molecule has 102 valence electrons. The molecule has 0 aromatic rings. The lowest BCUT2D eigenvalue weighted by atomic mass is 9.58. The summed E-state index contributed by atoms with van der Waals surface area (Å²) in [6, 6.07) is -1.51. The summed E-state index contributed by atoms with van der Waals surface area (Å²) in [6.07, 6.45) is 0. The zero-order chi connectivity index (χ0) is 14.3. The zero-order valence-electron chi connectivity index (χ0n) is 9.94. The van der Waals surface area contributed by atoms with Crippen LogP contribution >= 0.6 is 23.2 Å². The number of imide groups is 2. The lowest BCUT2D eigenvalue weighted by Gasteiger charge is -2.60. The van der Waals surface area contributed by atoms with Gasteiger partial charge in [0.25, 0.3) is 11.8 Å². The molecule has 0 aromatic heterocycles. The van der Waals surface area contributed by atoms with Crippen LogP contribution in [0.3, 0.4) is 0 Å². The molecule has 0 unspecified atom stereocenters. The lowest BCUT2D eigenvalue weighted by molar-refractivity contribution is -0.154. The molecule has 0 radical (unpaired) electrons. The van der Waals surface area contributed by atoms with Gasteiger partial charge in [-0.1, -0.05) is 0 Å². The molecule has 2 saturated heterocycles. The molecule has 19 heavy (non-hydrogen) atoms. The summed E-state index contributed by atoms with van der Waals surface area (Å²) in [7, 11) is 2.71. The van der Waals surface area contributed by atoms with E-state index in [4.69, 9.17) is 23.2 Å². The van der Waals surface area contributed by atoms with Gasteiger partial charge in [0, 0.05) is 14.1 Å². The van der Waals surface area contributed by atoms with Crippen molar-refractivity contribution >= 4 is 47.0 Å². The maximum Gasteiger partial charge on any atom is 0.326 e. The molecule has 5 amide bonds. The van der Waals surface area contributed by atoms with Gasteiger partial charge in [-0.3, -0.25) is 24.6 Å². The second kappa shape index (κ2) is 3.21. The summed E-state index contributed by atoms with van der Waals surface area (Å²) in [6.45, 7) is 0. The quantitative estimate of drug-likeness (QED) is 0.465. The Labute approximate surface area is 117 Å². The van der Waals surface area contributed by atoms with E-state index in [-0.39, 0.29) is 0 Å². The first-order chi connectivity index (χ1) is 8.69. The number of alkyl halides is 2. The van der Waals surface area contributed by atoms with E-state index in [2.05, 4.69) is 0 Å². The van der Waals surface area contributed by atoms with Crippen LogP contribution in [-0.4, -0.2) is 63.4 Å². The molecule has 1 saturated carbocycles. The fraction of sp³-hybridized carbons (Fsp3) is 0.600. The molecule has 1 N–H and O–H groups in total. The number of rotatable bonds is 0. The standard InChI is InChI=1S/C10H9Cl2N3O4/c1-14-4-3(5(16)15(2)8(14)19)9(11)6(17)13-7(18)10(4,9)12/h3-4H,1-2H3,(H,13,17,18)/t3-,4-,9-,10+/m0/s1. The number of hydrogen-bond donors (Lipinski definition) is 1. The van der Waals surface area contributed by atoms with Gasteiger partial charge in [-0.2, -0.15) is 0 Å². The van der Waals surface area contributed by atoms with Crippen molar-refractivity contribution in [3.05, 3.63) is 0 Å². The van der Waals surface area contributed by atoms with E-state index < -0.39 is 45.5 Å². The van der Waals surface area contributed by atoms with Crippen LogP contribution in [0.25, 0.3) is 0 Å². The average Bonchev–Trinajstić information content (AvgIpc) is 2.49. The number of urea groups is 1. The minimum absolute atomic E-state index is 0.586. The summed E-state index contributed by atoms with van der Waals surface area (Å²) in [5.74, 6) is -3.19. The molecule has 0 bridgehead atoms. The van der Waals surface area contributed by atoms with Gasteiger partial charge in [0.2, 0.25) is 5.91 Å². The Hall–Kier alpha value is -1.34. The molecule has 3 fully saturated rings. The highest BCUT2D eigenvalue weighted by Crippen LogP contribution is 2.62. The Morgan fingerprint density at radius 3 is 2.16 bits per heavy atom. The molecule has 4 atom stereocenters. The number of carbonyl (C=O) groups is 4. The second-order valence-corrected chi connectivity index (χ2v) is 6.11. The SMILES string of the molecule is CN1C(=O)[C@@H]2[C@H](N(C)C1=O)[C@@]1(Cl)C(=O)NC(=O)[C@@]21Cl. The summed E-state index contributed by atoms with van der Waals surface area (Å²) in [5.41, 5.74) is 0. The van der Waals surface area contributed by atoms with E-state index in [9.17, 15) is 19.2 Å². The molecule has 3 aliphatic rings. The summed E-state index contributed by atoms with van der Waals surface area (Å²) in [4.78, 5) is 46.1. The lowest BCUT2D eigenvalue weighted by Crippen LogP contribution is -2.85. The number of halogens is 2.